The molecule has 6 N–H and O–H groups in total. The van der Waals surface area contributed by atoms with Gasteiger partial charge in [0.2, 0.25) is 0 Å². The molecular formula is C52H56Cl4N6O7S2. The molecule has 2 aliphatic heterocycles. The van der Waals surface area contributed by atoms with Crippen LogP contribution in [0.2, 0.25) is 20.1 Å². The predicted molar refractivity (Wildman–Crippen MR) is 285 cm³/mol. The Balaban J connectivity index is 0.000000225. The number of benzene rings is 6. The van der Waals surface area contributed by atoms with Crippen molar-refractivity contribution in [2.24, 2.45) is 0 Å². The summed E-state index contributed by atoms with van der Waals surface area (Å²) in [6.45, 7) is 7.16. The summed E-state index contributed by atoms with van der Waals surface area (Å²) in [6, 6.07) is 32.9. The highest BCUT2D eigenvalue weighted by atomic mass is 35.5. The summed E-state index contributed by atoms with van der Waals surface area (Å²) < 4.78 is 51.8. The number of aliphatic hydroxyl groups excluding tert-OH is 1. The minimum atomic E-state index is -3.53. The third-order valence-electron chi connectivity index (χ3n) is 11.9. The van der Waals surface area contributed by atoms with E-state index in [0.29, 0.717) is 42.6 Å². The van der Waals surface area contributed by atoms with Crippen LogP contribution < -0.4 is 26.6 Å². The first-order chi connectivity index (χ1) is 33.8. The van der Waals surface area contributed by atoms with Crippen LogP contribution in [0.15, 0.2) is 131 Å². The lowest BCUT2D eigenvalue weighted by atomic mass is 9.98. The largest absolute Gasteiger partial charge is 0.400 e. The van der Waals surface area contributed by atoms with Gasteiger partial charge in [-0.25, -0.2) is 26.4 Å². The number of sulfone groups is 2. The van der Waals surface area contributed by atoms with E-state index in [1.165, 1.54) is 46.5 Å². The normalized spacial score (nSPS) is 14.2. The van der Waals surface area contributed by atoms with E-state index in [0.717, 1.165) is 57.3 Å². The van der Waals surface area contributed by atoms with Gasteiger partial charge in [0.15, 0.2) is 19.7 Å². The number of halogens is 4. The number of amides is 4. The van der Waals surface area contributed by atoms with E-state index in [1.807, 2.05) is 36.4 Å². The molecule has 0 saturated carbocycles. The molecule has 71 heavy (non-hydrogen) atoms. The summed E-state index contributed by atoms with van der Waals surface area (Å²) in [4.78, 5) is 27.5. The maximum absolute atomic E-state index is 13.0. The maximum atomic E-state index is 13.0. The van der Waals surface area contributed by atoms with Crippen LogP contribution in [0.4, 0.5) is 21.0 Å². The molecule has 4 amide bonds. The van der Waals surface area contributed by atoms with Crippen LogP contribution in [0.25, 0.3) is 0 Å². The fourth-order valence-corrected chi connectivity index (χ4v) is 11.8. The number of fused-ring (bicyclic) bond motifs is 2. The second-order valence-corrected chi connectivity index (χ2v) is 22.7. The lowest BCUT2D eigenvalue weighted by Gasteiger charge is -2.25. The van der Waals surface area contributed by atoms with Crippen molar-refractivity contribution in [1.82, 2.24) is 20.9 Å². The molecule has 0 aliphatic carbocycles. The second kappa shape index (κ2) is 25.0. The summed E-state index contributed by atoms with van der Waals surface area (Å²) in [5.41, 5.74) is 8.79. The van der Waals surface area contributed by atoms with E-state index in [1.54, 1.807) is 74.5 Å². The van der Waals surface area contributed by atoms with Crippen molar-refractivity contribution in [3.05, 3.63) is 186 Å². The molecule has 8 rings (SSSR count). The van der Waals surface area contributed by atoms with Gasteiger partial charge < -0.3 is 36.6 Å². The predicted octanol–water partition coefficient (Wildman–Crippen LogP) is 10.9. The number of rotatable bonds is 12. The first-order valence-corrected chi connectivity index (χ1v) is 27.4. The van der Waals surface area contributed by atoms with Crippen molar-refractivity contribution in [3.8, 4) is 0 Å². The van der Waals surface area contributed by atoms with Crippen LogP contribution in [0.3, 0.4) is 0 Å². The minimum absolute atomic E-state index is 0.0682. The maximum Gasteiger partial charge on any atom is 0.319 e. The van der Waals surface area contributed by atoms with E-state index in [2.05, 4.69) is 38.5 Å². The summed E-state index contributed by atoms with van der Waals surface area (Å²) in [5.74, 6) is -0.139. The number of carbonyl (C=O) groups is 2. The van der Waals surface area contributed by atoms with Crippen molar-refractivity contribution in [2.75, 3.05) is 37.9 Å². The van der Waals surface area contributed by atoms with Gasteiger partial charge in [-0.1, -0.05) is 107 Å². The van der Waals surface area contributed by atoms with Crippen molar-refractivity contribution < 1.29 is 31.5 Å². The molecule has 19 heteroatoms. The number of likely N-dealkylation sites (N-methyl/N-ethyl adjacent to an activating group) is 1. The Kier molecular flexibility index (Phi) is 19.4. The number of urea groups is 2. The van der Waals surface area contributed by atoms with Gasteiger partial charge in [-0.3, -0.25) is 0 Å². The molecule has 0 saturated heterocycles. The monoisotopic (exact) mass is 1080 g/mol. The fraction of sp³-hybridized carbons (Fsp3) is 0.269. The third-order valence-corrected chi connectivity index (χ3v) is 17.0. The van der Waals surface area contributed by atoms with Crippen LogP contribution in [-0.4, -0.2) is 66.2 Å². The van der Waals surface area contributed by atoms with Crippen LogP contribution >= 0.6 is 46.4 Å². The Morgan fingerprint density at radius 1 is 0.606 bits per heavy atom. The van der Waals surface area contributed by atoms with Crippen molar-refractivity contribution >= 4 is 89.5 Å². The fourth-order valence-electron chi connectivity index (χ4n) is 8.15. The topological polar surface area (TPSA) is 186 Å². The quantitative estimate of drug-likeness (QED) is 0.0694. The Morgan fingerprint density at radius 3 is 1.51 bits per heavy atom. The average molecular weight is 1080 g/mol. The number of anilines is 2. The van der Waals surface area contributed by atoms with Crippen molar-refractivity contribution in [2.45, 2.75) is 73.2 Å². The minimum Gasteiger partial charge on any atom is -0.400 e. The Morgan fingerprint density at radius 2 is 1.04 bits per heavy atom. The zero-order chi connectivity index (χ0) is 51.5. The molecule has 0 unspecified atom stereocenters. The van der Waals surface area contributed by atoms with Gasteiger partial charge >= 0.3 is 12.1 Å². The molecule has 6 aromatic carbocycles. The summed E-state index contributed by atoms with van der Waals surface area (Å²) in [5, 5.41) is 23.0. The molecule has 2 atom stereocenters. The second-order valence-electron chi connectivity index (χ2n) is 17.1. The van der Waals surface area contributed by atoms with Crippen LogP contribution in [0.5, 0.6) is 0 Å². The van der Waals surface area contributed by atoms with Crippen molar-refractivity contribution in [3.63, 3.8) is 0 Å². The molecular weight excluding hydrogens is 1030 g/mol. The SMILES string of the molecule is CO.C[C@H](NC(=O)Nc1ccc(S(=O)(=O)Cc2ccc3c(c2)CCN(C)C3)cc1)c1cccc(Cl)c1Cl.C[C@H](NC(=O)Nc1ccc(S(=O)(=O)Cc2ccc3c(c2)CCNC3)cc1)c1cccc(Cl)c1Cl. The number of aliphatic hydroxyl groups is 1. The number of hydrogen-bond donors (Lipinski definition) is 6. The highest BCUT2D eigenvalue weighted by molar-refractivity contribution is 7.91. The van der Waals surface area contributed by atoms with E-state index in [4.69, 9.17) is 51.5 Å². The van der Waals surface area contributed by atoms with Gasteiger partial charge in [0, 0.05) is 38.1 Å². The van der Waals surface area contributed by atoms with E-state index in [9.17, 15) is 26.4 Å². The number of hydrogen-bond acceptors (Lipinski definition) is 9. The van der Waals surface area contributed by atoms with Gasteiger partial charge in [-0.15, -0.1) is 0 Å². The molecule has 2 aliphatic rings. The number of nitrogens with zero attached hydrogens (tertiary/aromatic N) is 1. The van der Waals surface area contributed by atoms with Crippen LogP contribution in [0, 0.1) is 0 Å². The molecule has 13 nitrogen and oxygen atoms in total. The summed E-state index contributed by atoms with van der Waals surface area (Å²) in [6.07, 6.45) is 1.82. The molecule has 376 valence electrons. The van der Waals surface area contributed by atoms with Gasteiger partial charge in [0.1, 0.15) is 0 Å². The first-order valence-electron chi connectivity index (χ1n) is 22.6. The standard InChI is InChI=1S/C26H27Cl2N3O3S.C25H25Cl2N3O3S.CH4O/c1-17(23-4-3-5-24(27)25(23)28)29-26(32)30-21-8-10-22(11-9-21)35(33,34)16-18-6-7-20-15-31(2)13-12-19(20)14-18;1-16(22-3-2-4-23(26)24(22)27)29-25(31)30-20-7-9-21(10-8-20)34(32,33)15-17-5-6-19-14-28-12-11-18(19)13-17;1-2/h3-11,14,17H,12-13,15-16H2,1-2H3,(H2,29,30,32);2-10,13,16,28H,11-12,14-15H2,1H3,(H2,29,30,31);2H,1H3/t17-;16-;/m00./s1. The molecule has 0 radical (unpaired) electrons. The Bertz CT molecular complexity index is 3070. The molecule has 6 aromatic rings. The van der Waals surface area contributed by atoms with E-state index in [-0.39, 0.29) is 33.4 Å². The molecule has 0 bridgehead atoms. The molecule has 0 spiro atoms. The van der Waals surface area contributed by atoms with Gasteiger partial charge in [-0.2, -0.15) is 0 Å². The number of carbonyl (C=O) groups excluding carboxylic acids is 2. The first kappa shape index (κ1) is 55.1. The Hall–Kier alpha value is -5.20. The molecule has 0 fully saturated rings. The lowest BCUT2D eigenvalue weighted by Crippen LogP contribution is -2.31. The smallest absolute Gasteiger partial charge is 0.319 e. The highest BCUT2D eigenvalue weighted by Crippen LogP contribution is 2.32. The zero-order valence-corrected chi connectivity index (χ0v) is 44.2. The summed E-state index contributed by atoms with van der Waals surface area (Å²) in [7, 11) is -3.96. The lowest BCUT2D eigenvalue weighted by molar-refractivity contribution is 0.248. The van der Waals surface area contributed by atoms with Gasteiger partial charge in [0.05, 0.1) is 53.5 Å². The van der Waals surface area contributed by atoms with Gasteiger partial charge in [-0.05, 0) is 145 Å². The van der Waals surface area contributed by atoms with Crippen LogP contribution in [-0.2, 0) is 57.1 Å². The van der Waals surface area contributed by atoms with E-state index < -0.39 is 31.7 Å². The average Bonchev–Trinajstić information content (AvgIpc) is 3.34. The van der Waals surface area contributed by atoms with E-state index >= 15 is 0 Å². The number of nitrogens with one attached hydrogen (secondary N) is 5. The Labute approximate surface area is 436 Å². The zero-order valence-electron chi connectivity index (χ0n) is 39.5. The van der Waals surface area contributed by atoms with Crippen molar-refractivity contribution in [1.29, 1.82) is 0 Å². The van der Waals surface area contributed by atoms with Crippen LogP contribution in [0.1, 0.15) is 70.4 Å². The molecule has 2 heterocycles. The highest BCUT2D eigenvalue weighted by Gasteiger charge is 2.21. The summed E-state index contributed by atoms with van der Waals surface area (Å²) >= 11 is 24.5. The molecule has 0 aromatic heterocycles. The van der Waals surface area contributed by atoms with Gasteiger partial charge in [0.25, 0.3) is 0 Å². The third kappa shape index (κ3) is 14.9.